The van der Waals surface area contributed by atoms with Crippen LogP contribution >= 0.6 is 0 Å². The minimum Gasteiger partial charge on any atom is -0.497 e. The molecule has 4 heterocycles. The summed E-state index contributed by atoms with van der Waals surface area (Å²) in [5.41, 5.74) is 11.1. The SMILES string of the molecule is COc1ccc(-c2ccc(-c3ccc(-c4ccc(-c5ccc(-c6ccc(-c7ccc(-c8ccc(C#N)cc8)c(OCC(=O)N8CCOCCOCCOCCOCCOCC8)c7)cc6OCC(=O)N6CCOCCOCCOCCOCCOCC6)cc5)cc4)c(OCC(=O)N4CCOCCOCCOCCOCCOCC4)c3)cc2OCC(=O)N2CCOCCOCCOCCOCCOCC2)cc1. The maximum atomic E-state index is 14.7. The van der Waals surface area contributed by atoms with Crippen LogP contribution in [0.2, 0.25) is 0 Å². The van der Waals surface area contributed by atoms with E-state index in [1.54, 1.807) is 38.8 Å². The van der Waals surface area contributed by atoms with Crippen LogP contribution in [0.4, 0.5) is 0 Å². The summed E-state index contributed by atoms with van der Waals surface area (Å²) in [4.78, 5) is 64.9. The van der Waals surface area contributed by atoms with Crippen LogP contribution in [0.1, 0.15) is 5.56 Å². The zero-order valence-electron chi connectivity index (χ0n) is 80.5. The summed E-state index contributed by atoms with van der Waals surface area (Å²) in [5.74, 6) is 1.18. The summed E-state index contributed by atoms with van der Waals surface area (Å²) in [7, 11) is 1.61. The molecule has 0 saturated carbocycles. The zero-order chi connectivity index (χ0) is 97.1. The lowest BCUT2D eigenvalue weighted by atomic mass is 9.94. The van der Waals surface area contributed by atoms with Gasteiger partial charge in [0.05, 0.1) is 283 Å². The van der Waals surface area contributed by atoms with Gasteiger partial charge in [-0.25, -0.2) is 0 Å². The number of rotatable bonds is 20. The van der Waals surface area contributed by atoms with E-state index in [4.69, 9.17) is 118 Å². The van der Waals surface area contributed by atoms with Crippen LogP contribution in [-0.2, 0) is 114 Å². The Hall–Kier alpha value is -10.7. The molecule has 8 aromatic rings. The molecule has 4 saturated heterocycles. The molecule has 4 amide bonds. The number of methoxy groups -OCH3 is 1. The van der Waals surface area contributed by atoms with Gasteiger partial charge < -0.3 is 138 Å². The van der Waals surface area contributed by atoms with Crippen LogP contribution in [-0.4, -0.2) is 393 Å². The van der Waals surface area contributed by atoms with E-state index in [-0.39, 0.29) is 155 Å². The molecule has 0 aliphatic carbocycles. The molecule has 0 N–H and O–H groups in total. The lowest BCUT2D eigenvalue weighted by molar-refractivity contribution is -0.135. The fraction of sp³-hybridized carbons (Fsp3) is 0.500. The summed E-state index contributed by atoms with van der Waals surface area (Å²) in [6, 6.07) is 56.5. The van der Waals surface area contributed by atoms with Gasteiger partial charge in [0.1, 0.15) is 28.7 Å². The van der Waals surface area contributed by atoms with Crippen molar-refractivity contribution in [2.75, 3.05) is 350 Å². The normalized spacial score (nSPS) is 18.1. The predicted molar refractivity (Wildman–Crippen MR) is 520 cm³/mol. The Morgan fingerprint density at radius 3 is 0.557 bits per heavy atom. The van der Waals surface area contributed by atoms with Gasteiger partial charge in [-0.05, 0) is 104 Å². The molecule has 758 valence electrons. The number of benzene rings is 8. The third-order valence-corrected chi connectivity index (χ3v) is 22.9. The topological polar surface area (TPSA) is 336 Å². The largest absolute Gasteiger partial charge is 0.497 e. The number of hydrogen-bond acceptors (Lipinski definition) is 30. The van der Waals surface area contributed by atoms with E-state index < -0.39 is 0 Å². The number of nitriles is 1. The minimum atomic E-state index is -0.345. The zero-order valence-corrected chi connectivity index (χ0v) is 80.5. The average Bonchev–Trinajstić information content (AvgIpc) is 0.788. The van der Waals surface area contributed by atoms with Gasteiger partial charge in [-0.2, -0.15) is 5.26 Å². The van der Waals surface area contributed by atoms with Crippen LogP contribution in [0.3, 0.4) is 0 Å². The number of amides is 4. The standard InChI is InChI=1S/C106H135N5O29/c1-116-94-20-14-89(15-21-94)98-25-19-93(77-102(98)140-82-106(115)111-32-40-123-48-56-131-64-72-136-73-65-132-57-49-124-41-33-111)92-18-24-97(101(76-92)139-81-105(114)110-30-38-121-46-54-129-62-70-135-71-63-130-55-47-122-39-31-110)88-12-8-85(9-13-88)84-6-10-87(11-7-84)96-23-17-91(75-100(96)138-80-104(113)109-28-36-119-44-52-127-60-68-134-69-61-128-53-45-120-37-29-109)90-16-22-95(86-4-2-83(78-107)3-5-86)99(74-90)137-79-103(112)108-26-34-117-42-50-125-58-66-133-67-59-126-51-43-118-35-27-108/h2-25,74-77H,26-73,79-82H2,1H3. The van der Waals surface area contributed by atoms with Gasteiger partial charge >= 0.3 is 0 Å². The number of carbonyl (C=O) groups excluding carboxylic acids is 4. The highest BCUT2D eigenvalue weighted by Gasteiger charge is 2.25. The summed E-state index contributed by atoms with van der Waals surface area (Å²) in [6.45, 7) is 15.0. The first kappa shape index (κ1) is 108. The van der Waals surface area contributed by atoms with E-state index in [2.05, 4.69) is 6.07 Å². The van der Waals surface area contributed by atoms with Crippen molar-refractivity contribution in [1.29, 1.82) is 5.26 Å². The second-order valence-corrected chi connectivity index (χ2v) is 32.3. The Morgan fingerprint density at radius 1 is 0.221 bits per heavy atom. The van der Waals surface area contributed by atoms with E-state index >= 15 is 0 Å². The van der Waals surface area contributed by atoms with Crippen LogP contribution < -0.4 is 23.7 Å². The maximum absolute atomic E-state index is 14.7. The Bertz CT molecular complexity index is 4860. The molecule has 4 aliphatic heterocycles. The fourth-order valence-corrected chi connectivity index (χ4v) is 15.1. The molecule has 0 aromatic heterocycles. The number of ether oxygens (including phenoxy) is 25. The molecule has 0 atom stereocenters. The number of nitrogens with zero attached hydrogens (tertiary/aromatic N) is 5. The van der Waals surface area contributed by atoms with Gasteiger partial charge in [0, 0.05) is 74.6 Å². The van der Waals surface area contributed by atoms with Gasteiger partial charge in [0.15, 0.2) is 26.4 Å². The summed E-state index contributed by atoms with van der Waals surface area (Å²) < 4.78 is 148. The van der Waals surface area contributed by atoms with Crippen LogP contribution in [0, 0.1) is 11.3 Å². The Balaban J connectivity index is 0.838. The first-order valence-electron chi connectivity index (χ1n) is 48.2. The lowest BCUT2D eigenvalue weighted by Crippen LogP contribution is -2.40. The second kappa shape index (κ2) is 64.7. The molecule has 4 aliphatic rings. The molecular formula is C106H135N5O29. The molecule has 34 nitrogen and oxygen atoms in total. The molecule has 0 spiro atoms. The first-order chi connectivity index (χ1) is 69.1. The van der Waals surface area contributed by atoms with Crippen molar-refractivity contribution in [3.05, 3.63) is 175 Å². The smallest absolute Gasteiger partial charge is 0.260 e. The van der Waals surface area contributed by atoms with Crippen molar-refractivity contribution in [3.63, 3.8) is 0 Å². The predicted octanol–water partition coefficient (Wildman–Crippen LogP) is 10.5. The van der Waals surface area contributed by atoms with Crippen molar-refractivity contribution in [2.45, 2.75) is 0 Å². The van der Waals surface area contributed by atoms with Crippen molar-refractivity contribution in [1.82, 2.24) is 19.6 Å². The summed E-state index contributed by atoms with van der Waals surface area (Å²) in [6.07, 6.45) is 0. The van der Waals surface area contributed by atoms with Crippen molar-refractivity contribution >= 4 is 23.6 Å². The van der Waals surface area contributed by atoms with E-state index in [1.807, 2.05) is 158 Å². The highest BCUT2D eigenvalue weighted by atomic mass is 16.6. The van der Waals surface area contributed by atoms with E-state index in [9.17, 15) is 24.4 Å². The van der Waals surface area contributed by atoms with Crippen LogP contribution in [0.15, 0.2) is 170 Å². The molecule has 0 radical (unpaired) electrons. The molecule has 12 rings (SSSR count). The van der Waals surface area contributed by atoms with Gasteiger partial charge in [-0.15, -0.1) is 0 Å². The van der Waals surface area contributed by atoms with Crippen molar-refractivity contribution in [3.8, 4) is 113 Å². The average molecular weight is 1940 g/mol. The molecule has 34 heteroatoms. The highest BCUT2D eigenvalue weighted by Crippen LogP contribution is 2.42. The Labute approximate surface area is 820 Å². The van der Waals surface area contributed by atoms with Crippen LogP contribution in [0.5, 0.6) is 28.7 Å². The van der Waals surface area contributed by atoms with E-state index in [1.165, 1.54) is 0 Å². The lowest BCUT2D eigenvalue weighted by Gasteiger charge is -2.24. The highest BCUT2D eigenvalue weighted by molar-refractivity contribution is 5.86. The monoisotopic (exact) mass is 1940 g/mol. The molecule has 4 fully saturated rings. The summed E-state index contributed by atoms with van der Waals surface area (Å²) >= 11 is 0. The molecule has 140 heavy (non-hydrogen) atoms. The quantitative estimate of drug-likeness (QED) is 0.0684. The summed E-state index contributed by atoms with van der Waals surface area (Å²) in [5, 5.41) is 9.81. The van der Waals surface area contributed by atoms with Gasteiger partial charge in [0.25, 0.3) is 23.6 Å². The van der Waals surface area contributed by atoms with Gasteiger partial charge in [-0.1, -0.05) is 121 Å². The van der Waals surface area contributed by atoms with Crippen molar-refractivity contribution in [2.24, 2.45) is 0 Å². The molecule has 0 unspecified atom stereocenters. The second-order valence-electron chi connectivity index (χ2n) is 32.3. The minimum absolute atomic E-state index is 0.238. The molecule has 8 aromatic carbocycles. The molecular weight excluding hydrogens is 1810 g/mol. The van der Waals surface area contributed by atoms with Crippen LogP contribution in [0.25, 0.3) is 77.9 Å². The first-order valence-corrected chi connectivity index (χ1v) is 48.2. The Morgan fingerprint density at radius 2 is 0.379 bits per heavy atom. The van der Waals surface area contributed by atoms with E-state index in [0.717, 1.165) is 50.1 Å². The van der Waals surface area contributed by atoms with Gasteiger partial charge in [0.2, 0.25) is 0 Å². The number of carbonyl (C=O) groups is 4. The fourth-order valence-electron chi connectivity index (χ4n) is 15.1. The van der Waals surface area contributed by atoms with E-state index in [0.29, 0.717) is 274 Å². The Kier molecular flexibility index (Phi) is 50.0. The number of hydrogen-bond donors (Lipinski definition) is 0. The van der Waals surface area contributed by atoms with Crippen molar-refractivity contribution < 1.29 is 138 Å². The van der Waals surface area contributed by atoms with Gasteiger partial charge in [-0.3, -0.25) is 19.2 Å². The third-order valence-electron chi connectivity index (χ3n) is 22.9. The maximum Gasteiger partial charge on any atom is 0.260 e. The third kappa shape index (κ3) is 38.6. The molecule has 0 bridgehead atoms.